The normalized spacial score (nSPS) is 57.4. The van der Waals surface area contributed by atoms with Crippen LogP contribution in [-0.2, 0) is 9.53 Å². The first kappa shape index (κ1) is 25.5. The van der Waals surface area contributed by atoms with Gasteiger partial charge in [0.15, 0.2) is 0 Å². The predicted octanol–water partition coefficient (Wildman–Crippen LogP) is 2.32. The minimum atomic E-state index is -0.690. The van der Waals surface area contributed by atoms with Crippen LogP contribution in [-0.4, -0.2) is 58.7 Å². The van der Waals surface area contributed by atoms with Crippen LogP contribution in [0.3, 0.4) is 0 Å². The lowest BCUT2D eigenvalue weighted by molar-refractivity contribution is -0.152. The highest BCUT2D eigenvalue weighted by Gasteiger charge is 2.85. The van der Waals surface area contributed by atoms with Gasteiger partial charge in [-0.3, -0.25) is 4.79 Å². The molecule has 7 nitrogen and oxygen atoms in total. The number of hydrogen-bond donors (Lipinski definition) is 5. The minimum absolute atomic E-state index is 0.0581. The quantitative estimate of drug-likeness (QED) is 0.400. The molecule has 6 fully saturated rings. The van der Waals surface area contributed by atoms with Crippen molar-refractivity contribution < 1.29 is 19.7 Å². The first-order valence-corrected chi connectivity index (χ1v) is 14.6. The van der Waals surface area contributed by atoms with Crippen LogP contribution in [0.4, 0.5) is 0 Å². The standard InChI is InChI=1S/C29H49N3O4/c1-15-12-17(13-32-16(2)24(30)35)36-22-21(15)26(5)10-11-28-14-27(28)9-8-20(33)25(3,4)18(27)6-7-19(28)29(26,31)23(22)34/h15-23,32-34H,6-14,31H2,1-5H3,(H2,30,35). The van der Waals surface area contributed by atoms with Crippen LogP contribution in [0.15, 0.2) is 0 Å². The lowest BCUT2D eigenvalue weighted by atomic mass is 9.43. The molecule has 36 heavy (non-hydrogen) atoms. The second kappa shape index (κ2) is 7.68. The average molecular weight is 504 g/mol. The van der Waals surface area contributed by atoms with Crippen LogP contribution in [0.25, 0.3) is 0 Å². The zero-order chi connectivity index (χ0) is 26.1. The van der Waals surface area contributed by atoms with E-state index in [1.165, 1.54) is 12.8 Å². The summed E-state index contributed by atoms with van der Waals surface area (Å²) in [7, 11) is 0. The van der Waals surface area contributed by atoms with Crippen LogP contribution in [0.2, 0.25) is 0 Å². The van der Waals surface area contributed by atoms with Crippen LogP contribution in [0, 0.1) is 45.3 Å². The number of ether oxygens (including phenoxy) is 1. The Morgan fingerprint density at radius 3 is 2.44 bits per heavy atom. The van der Waals surface area contributed by atoms with Crippen molar-refractivity contribution >= 4 is 5.91 Å². The largest absolute Gasteiger partial charge is 0.393 e. The Morgan fingerprint density at radius 2 is 1.75 bits per heavy atom. The van der Waals surface area contributed by atoms with Gasteiger partial charge in [0, 0.05) is 6.54 Å². The summed E-state index contributed by atoms with van der Waals surface area (Å²) in [6.07, 6.45) is 7.24. The first-order valence-electron chi connectivity index (χ1n) is 14.6. The molecule has 1 amide bonds. The maximum Gasteiger partial charge on any atom is 0.234 e. The third-order valence-electron chi connectivity index (χ3n) is 13.4. The fraction of sp³-hybridized carbons (Fsp3) is 0.966. The van der Waals surface area contributed by atoms with E-state index in [1.54, 1.807) is 6.92 Å². The number of primary amides is 1. The summed E-state index contributed by atoms with van der Waals surface area (Å²) >= 11 is 0. The lowest BCUT2D eigenvalue weighted by Crippen LogP contribution is -2.70. The van der Waals surface area contributed by atoms with Gasteiger partial charge in [-0.15, -0.1) is 0 Å². The summed E-state index contributed by atoms with van der Waals surface area (Å²) in [5, 5.41) is 26.2. The van der Waals surface area contributed by atoms with E-state index in [9.17, 15) is 15.0 Å². The molecule has 7 N–H and O–H groups in total. The van der Waals surface area contributed by atoms with Crippen molar-refractivity contribution in [2.75, 3.05) is 6.54 Å². The fourth-order valence-electron chi connectivity index (χ4n) is 11.6. The minimum Gasteiger partial charge on any atom is -0.393 e. The van der Waals surface area contributed by atoms with Gasteiger partial charge in [0.25, 0.3) is 0 Å². The van der Waals surface area contributed by atoms with Crippen molar-refractivity contribution in [2.24, 2.45) is 56.8 Å². The van der Waals surface area contributed by atoms with E-state index in [0.717, 1.165) is 38.5 Å². The number of carbonyl (C=O) groups is 1. The summed E-state index contributed by atoms with van der Waals surface area (Å²) in [5.74, 6) is 1.09. The van der Waals surface area contributed by atoms with E-state index in [4.69, 9.17) is 16.2 Å². The number of rotatable bonds is 4. The van der Waals surface area contributed by atoms with Crippen molar-refractivity contribution in [2.45, 2.75) is 122 Å². The summed E-state index contributed by atoms with van der Waals surface area (Å²) in [5.41, 5.74) is 12.6. The molecule has 0 aromatic carbocycles. The molecule has 1 aliphatic heterocycles. The molecule has 1 heterocycles. The number of nitrogens with two attached hydrogens (primary N) is 2. The van der Waals surface area contributed by atoms with Gasteiger partial charge < -0.3 is 31.7 Å². The molecule has 5 saturated carbocycles. The number of amides is 1. The zero-order valence-corrected chi connectivity index (χ0v) is 22.9. The highest BCUT2D eigenvalue weighted by atomic mass is 16.5. The summed E-state index contributed by atoms with van der Waals surface area (Å²) < 4.78 is 6.65. The van der Waals surface area contributed by atoms with Crippen molar-refractivity contribution in [3.05, 3.63) is 0 Å². The Bertz CT molecular complexity index is 943. The molecule has 0 aromatic rings. The molecule has 6 rings (SSSR count). The Kier molecular flexibility index (Phi) is 5.45. The summed E-state index contributed by atoms with van der Waals surface area (Å²) in [6.45, 7) is 11.6. The topological polar surface area (TPSA) is 131 Å². The van der Waals surface area contributed by atoms with E-state index >= 15 is 0 Å². The highest BCUT2D eigenvalue weighted by Crippen LogP contribution is 2.87. The van der Waals surface area contributed by atoms with Crippen molar-refractivity contribution in [1.29, 1.82) is 0 Å². The van der Waals surface area contributed by atoms with E-state index < -0.39 is 17.7 Å². The second-order valence-electron chi connectivity index (χ2n) is 14.8. The van der Waals surface area contributed by atoms with Gasteiger partial charge in [0.05, 0.1) is 36.0 Å². The molecule has 13 atom stereocenters. The van der Waals surface area contributed by atoms with Crippen LogP contribution >= 0.6 is 0 Å². The van der Waals surface area contributed by atoms with Crippen LogP contribution in [0.5, 0.6) is 0 Å². The third-order valence-corrected chi connectivity index (χ3v) is 13.4. The first-order chi connectivity index (χ1) is 16.8. The molecule has 6 aliphatic rings. The molecule has 0 aromatic heterocycles. The van der Waals surface area contributed by atoms with Gasteiger partial charge in [-0.2, -0.15) is 0 Å². The van der Waals surface area contributed by atoms with E-state index in [2.05, 4.69) is 33.0 Å². The molecule has 1 saturated heterocycles. The zero-order valence-electron chi connectivity index (χ0n) is 22.9. The fourth-order valence-corrected chi connectivity index (χ4v) is 11.6. The predicted molar refractivity (Wildman–Crippen MR) is 138 cm³/mol. The van der Waals surface area contributed by atoms with Crippen molar-refractivity contribution in [3.63, 3.8) is 0 Å². The van der Waals surface area contributed by atoms with Crippen LogP contribution in [0.1, 0.15) is 86.0 Å². The monoisotopic (exact) mass is 503 g/mol. The number of aliphatic hydroxyl groups is 2. The smallest absolute Gasteiger partial charge is 0.234 e. The molecule has 0 bridgehead atoms. The molecule has 2 spiro atoms. The number of fused-ring (bicyclic) bond motifs is 4. The van der Waals surface area contributed by atoms with Gasteiger partial charge >= 0.3 is 0 Å². The third kappa shape index (κ3) is 2.85. The van der Waals surface area contributed by atoms with Gasteiger partial charge in [-0.1, -0.05) is 27.7 Å². The van der Waals surface area contributed by atoms with Gasteiger partial charge in [-0.05, 0) is 104 Å². The number of carbonyl (C=O) groups excluding carboxylic acids is 1. The molecule has 5 aliphatic carbocycles. The number of nitrogens with one attached hydrogen (secondary N) is 1. The SMILES string of the molecule is CC(NCC1CC(C)C2C(O1)C(O)C1(N)C3CCC4C(C)(C)C(O)CCC45CC35CCC21C)C(N)=O. The summed E-state index contributed by atoms with van der Waals surface area (Å²) in [4.78, 5) is 11.5. The molecular formula is C29H49N3O4. The molecule has 13 unspecified atom stereocenters. The second-order valence-corrected chi connectivity index (χ2v) is 14.8. The molecule has 204 valence electrons. The maximum atomic E-state index is 12.1. The van der Waals surface area contributed by atoms with E-state index in [0.29, 0.717) is 24.3 Å². The number of aliphatic hydroxyl groups excluding tert-OH is 2. The lowest BCUT2D eigenvalue weighted by Gasteiger charge is -2.63. The van der Waals surface area contributed by atoms with Crippen molar-refractivity contribution in [3.8, 4) is 0 Å². The van der Waals surface area contributed by atoms with E-state index in [1.807, 2.05) is 0 Å². The van der Waals surface area contributed by atoms with E-state index in [-0.39, 0.29) is 51.8 Å². The van der Waals surface area contributed by atoms with Gasteiger partial charge in [0.2, 0.25) is 5.91 Å². The molecule has 0 radical (unpaired) electrons. The Hall–Kier alpha value is -0.730. The maximum absolute atomic E-state index is 12.1. The Balaban J connectivity index is 1.30. The Morgan fingerprint density at radius 1 is 1.08 bits per heavy atom. The summed E-state index contributed by atoms with van der Waals surface area (Å²) in [6, 6.07) is -0.407. The Labute approximate surface area is 216 Å². The number of hydrogen-bond acceptors (Lipinski definition) is 6. The highest BCUT2D eigenvalue weighted by molar-refractivity contribution is 5.79. The van der Waals surface area contributed by atoms with Gasteiger partial charge in [0.1, 0.15) is 0 Å². The van der Waals surface area contributed by atoms with Crippen LogP contribution < -0.4 is 16.8 Å². The average Bonchev–Trinajstić information content (AvgIpc) is 3.45. The molecular weight excluding hydrogens is 454 g/mol. The molecule has 7 heteroatoms. The van der Waals surface area contributed by atoms with Crippen molar-refractivity contribution in [1.82, 2.24) is 5.32 Å². The van der Waals surface area contributed by atoms with Gasteiger partial charge in [-0.25, -0.2) is 0 Å².